The molecule has 0 fully saturated rings. The summed E-state index contributed by atoms with van der Waals surface area (Å²) in [6.07, 6.45) is 2.49. The van der Waals surface area contributed by atoms with E-state index in [1.54, 1.807) is 32.4 Å². The molecule has 5 nitrogen and oxygen atoms in total. The number of ketones is 1. The summed E-state index contributed by atoms with van der Waals surface area (Å²) in [5.74, 6) is 1.07. The van der Waals surface area contributed by atoms with Gasteiger partial charge in [0.25, 0.3) is 0 Å². The van der Waals surface area contributed by atoms with E-state index >= 15 is 0 Å². The van der Waals surface area contributed by atoms with E-state index in [1.165, 1.54) is 0 Å². The predicted octanol–water partition coefficient (Wildman–Crippen LogP) is 4.03. The van der Waals surface area contributed by atoms with Gasteiger partial charge in [-0.3, -0.25) is 4.79 Å². The van der Waals surface area contributed by atoms with Crippen LogP contribution in [0.1, 0.15) is 29.3 Å². The van der Waals surface area contributed by atoms with Crippen molar-refractivity contribution in [1.82, 2.24) is 0 Å². The first-order chi connectivity index (χ1) is 12.4. The number of nitrogens with two attached hydrogens (primary N) is 1. The molecule has 0 saturated carbocycles. The molecule has 0 atom stereocenters. The van der Waals surface area contributed by atoms with Gasteiger partial charge < -0.3 is 20.1 Å². The Kier molecular flexibility index (Phi) is 6.28. The zero-order chi connectivity index (χ0) is 19.3. The van der Waals surface area contributed by atoms with Gasteiger partial charge >= 0.3 is 0 Å². The zero-order valence-corrected chi connectivity index (χ0v) is 16.0. The number of rotatable bonds is 7. The minimum absolute atomic E-state index is 0.0773. The Balaban J connectivity index is 2.47. The second-order valence-electron chi connectivity index (χ2n) is 6.13. The van der Waals surface area contributed by atoms with E-state index in [-0.39, 0.29) is 5.78 Å². The highest BCUT2D eigenvalue weighted by Gasteiger charge is 2.17. The molecule has 2 aromatic carbocycles. The van der Waals surface area contributed by atoms with Crippen LogP contribution in [-0.4, -0.2) is 34.1 Å². The molecule has 0 amide bonds. The van der Waals surface area contributed by atoms with Crippen LogP contribution in [0, 0.1) is 0 Å². The van der Waals surface area contributed by atoms with Crippen LogP contribution < -0.4 is 20.1 Å². The van der Waals surface area contributed by atoms with Crippen LogP contribution in [0.3, 0.4) is 0 Å². The topological polar surface area (TPSA) is 64.8 Å². The van der Waals surface area contributed by atoms with Crippen LogP contribution in [0.15, 0.2) is 42.0 Å². The molecule has 2 rings (SSSR count). The van der Waals surface area contributed by atoms with Gasteiger partial charge in [-0.05, 0) is 48.4 Å². The summed E-state index contributed by atoms with van der Waals surface area (Å²) in [7, 11) is 7.00. The zero-order valence-electron chi connectivity index (χ0n) is 16.0. The third-order valence-corrected chi connectivity index (χ3v) is 4.20. The Morgan fingerprint density at radius 1 is 1.12 bits per heavy atom. The average molecular weight is 354 g/mol. The number of carbonyl (C=O) groups is 1. The number of hydrogen-bond acceptors (Lipinski definition) is 5. The fraction of sp³-hybridized carbons (Fsp3) is 0.286. The van der Waals surface area contributed by atoms with Crippen molar-refractivity contribution in [2.45, 2.75) is 13.3 Å². The Labute approximate surface area is 155 Å². The molecule has 0 heterocycles. The summed E-state index contributed by atoms with van der Waals surface area (Å²) in [5, 5.41) is 0. The lowest BCUT2D eigenvalue weighted by molar-refractivity contribution is 0.102. The molecule has 0 aliphatic heterocycles. The lowest BCUT2D eigenvalue weighted by Gasteiger charge is -2.16. The van der Waals surface area contributed by atoms with E-state index < -0.39 is 0 Å². The van der Waals surface area contributed by atoms with Gasteiger partial charge in [-0.15, -0.1) is 0 Å². The molecular formula is C21H26N2O3. The van der Waals surface area contributed by atoms with Crippen LogP contribution in [-0.2, 0) is 0 Å². The van der Waals surface area contributed by atoms with E-state index in [0.717, 1.165) is 11.3 Å². The number of ether oxygens (including phenoxy) is 2. The summed E-state index contributed by atoms with van der Waals surface area (Å²) < 4.78 is 10.6. The van der Waals surface area contributed by atoms with Crippen molar-refractivity contribution in [3.8, 4) is 11.5 Å². The summed E-state index contributed by atoms with van der Waals surface area (Å²) in [4.78, 5) is 15.0. The van der Waals surface area contributed by atoms with Crippen LogP contribution in [0.2, 0.25) is 0 Å². The highest BCUT2D eigenvalue weighted by molar-refractivity contribution is 6.13. The fourth-order valence-electron chi connectivity index (χ4n) is 2.73. The molecule has 0 unspecified atom stereocenters. The third kappa shape index (κ3) is 4.17. The molecule has 26 heavy (non-hydrogen) atoms. The van der Waals surface area contributed by atoms with E-state index in [0.29, 0.717) is 34.7 Å². The first kappa shape index (κ1) is 19.4. The van der Waals surface area contributed by atoms with Gasteiger partial charge in [0.1, 0.15) is 11.5 Å². The van der Waals surface area contributed by atoms with Crippen molar-refractivity contribution in [2.24, 2.45) is 0 Å². The lowest BCUT2D eigenvalue weighted by Crippen LogP contribution is -2.11. The molecular weight excluding hydrogens is 328 g/mol. The molecule has 0 aliphatic carbocycles. The molecule has 0 radical (unpaired) electrons. The Morgan fingerprint density at radius 2 is 1.85 bits per heavy atom. The maximum atomic E-state index is 13.1. The van der Waals surface area contributed by atoms with Crippen LogP contribution in [0.5, 0.6) is 11.5 Å². The lowest BCUT2D eigenvalue weighted by atomic mass is 9.97. The second kappa shape index (κ2) is 8.43. The van der Waals surface area contributed by atoms with Crippen molar-refractivity contribution in [1.29, 1.82) is 0 Å². The number of Topliss-reactive ketones (excluding diaryl/α,β-unsaturated/α-hetero) is 1. The van der Waals surface area contributed by atoms with Gasteiger partial charge in [0.2, 0.25) is 0 Å². The van der Waals surface area contributed by atoms with Gasteiger partial charge in [-0.25, -0.2) is 0 Å². The average Bonchev–Trinajstić information content (AvgIpc) is 2.65. The molecule has 2 aromatic rings. The van der Waals surface area contributed by atoms with Crippen molar-refractivity contribution in [3.63, 3.8) is 0 Å². The summed E-state index contributed by atoms with van der Waals surface area (Å²) in [6.45, 7) is 1.96. The standard InChI is InChI=1S/C21H26N2O3/c1-6-15(11-14-7-9-18(22)19(12-14)23(2)3)21(24)17-13-16(25-4)8-10-20(17)26-5/h7-13H,6,22H2,1-5H3. The quantitative estimate of drug-likeness (QED) is 0.462. The molecule has 2 N–H and O–H groups in total. The number of nitrogen functional groups attached to an aromatic ring is 1. The summed E-state index contributed by atoms with van der Waals surface area (Å²) >= 11 is 0. The van der Waals surface area contributed by atoms with Gasteiger partial charge in [0.15, 0.2) is 5.78 Å². The normalized spacial score (nSPS) is 11.2. The van der Waals surface area contributed by atoms with E-state index in [2.05, 4.69) is 0 Å². The maximum Gasteiger partial charge on any atom is 0.192 e. The second-order valence-corrected chi connectivity index (χ2v) is 6.13. The Morgan fingerprint density at radius 3 is 2.42 bits per heavy atom. The summed E-state index contributed by atoms with van der Waals surface area (Å²) in [5.41, 5.74) is 9.73. The minimum atomic E-state index is -0.0773. The first-order valence-electron chi connectivity index (χ1n) is 8.45. The number of nitrogens with zero attached hydrogens (tertiary/aromatic N) is 1. The Bertz CT molecular complexity index is 826. The summed E-state index contributed by atoms with van der Waals surface area (Å²) in [6, 6.07) is 11.0. The molecule has 0 aliphatic rings. The highest BCUT2D eigenvalue weighted by Crippen LogP contribution is 2.29. The smallest absolute Gasteiger partial charge is 0.192 e. The minimum Gasteiger partial charge on any atom is -0.497 e. The van der Waals surface area contributed by atoms with Crippen molar-refractivity contribution >= 4 is 23.2 Å². The monoisotopic (exact) mass is 354 g/mol. The van der Waals surface area contributed by atoms with E-state index in [9.17, 15) is 4.79 Å². The molecule has 0 aromatic heterocycles. The fourth-order valence-corrected chi connectivity index (χ4v) is 2.73. The van der Waals surface area contributed by atoms with Gasteiger partial charge in [0.05, 0.1) is 31.2 Å². The van der Waals surface area contributed by atoms with Crippen molar-refractivity contribution < 1.29 is 14.3 Å². The highest BCUT2D eigenvalue weighted by atomic mass is 16.5. The number of hydrogen-bond donors (Lipinski definition) is 1. The van der Waals surface area contributed by atoms with Crippen molar-refractivity contribution in [2.75, 3.05) is 38.9 Å². The van der Waals surface area contributed by atoms with E-state index in [4.69, 9.17) is 15.2 Å². The van der Waals surface area contributed by atoms with Gasteiger partial charge in [-0.1, -0.05) is 13.0 Å². The number of carbonyl (C=O) groups excluding carboxylic acids is 1. The molecule has 5 heteroatoms. The number of benzene rings is 2. The molecule has 0 bridgehead atoms. The third-order valence-electron chi connectivity index (χ3n) is 4.20. The van der Waals surface area contributed by atoms with Crippen molar-refractivity contribution in [3.05, 3.63) is 53.1 Å². The number of methoxy groups -OCH3 is 2. The van der Waals surface area contributed by atoms with Crippen LogP contribution >= 0.6 is 0 Å². The van der Waals surface area contributed by atoms with Gasteiger partial charge in [0, 0.05) is 19.7 Å². The largest absolute Gasteiger partial charge is 0.497 e. The number of anilines is 2. The van der Waals surface area contributed by atoms with E-state index in [1.807, 2.05) is 50.2 Å². The predicted molar refractivity (Wildman–Crippen MR) is 107 cm³/mol. The van der Waals surface area contributed by atoms with Crippen LogP contribution in [0.25, 0.3) is 6.08 Å². The molecule has 0 spiro atoms. The first-order valence-corrected chi connectivity index (χ1v) is 8.45. The molecule has 138 valence electrons. The van der Waals surface area contributed by atoms with Gasteiger partial charge in [-0.2, -0.15) is 0 Å². The SMILES string of the molecule is CCC(=Cc1ccc(N)c(N(C)C)c1)C(=O)c1cc(OC)ccc1OC. The Hall–Kier alpha value is -2.95. The maximum absolute atomic E-state index is 13.1. The molecule has 0 saturated heterocycles. The van der Waals surface area contributed by atoms with Crippen LogP contribution in [0.4, 0.5) is 11.4 Å². The number of allylic oxidation sites excluding steroid dienone is 1.